The zero-order valence-electron chi connectivity index (χ0n) is 24.0. The number of alkyl halides is 1. The van der Waals surface area contributed by atoms with E-state index in [0.717, 1.165) is 42.6 Å². The number of carbonyl (C=O) groups excluding carboxylic acids is 2. The van der Waals surface area contributed by atoms with Crippen molar-refractivity contribution in [3.63, 3.8) is 0 Å². The van der Waals surface area contributed by atoms with Crippen LogP contribution in [0.2, 0.25) is 0 Å². The number of likely N-dealkylation sites (N-methyl/N-ethyl adjacent to an activating group) is 1. The Hall–Kier alpha value is -2.60. The van der Waals surface area contributed by atoms with Crippen molar-refractivity contribution in [3.8, 4) is 11.3 Å². The molecule has 0 saturated carbocycles. The lowest BCUT2D eigenvalue weighted by Crippen LogP contribution is -2.53. The summed E-state index contributed by atoms with van der Waals surface area (Å²) < 4.78 is 19.9. The lowest BCUT2D eigenvalue weighted by atomic mass is 10.0. The van der Waals surface area contributed by atoms with Crippen LogP contribution < -0.4 is 10.2 Å². The predicted octanol–water partition coefficient (Wildman–Crippen LogP) is 3.04. The van der Waals surface area contributed by atoms with E-state index in [2.05, 4.69) is 22.2 Å². The van der Waals surface area contributed by atoms with Gasteiger partial charge in [-0.05, 0) is 31.5 Å². The normalized spacial score (nSPS) is 25.4. The van der Waals surface area contributed by atoms with Crippen LogP contribution in [0.5, 0.6) is 0 Å². The van der Waals surface area contributed by atoms with Crippen LogP contribution in [0.3, 0.4) is 0 Å². The first kappa shape index (κ1) is 30.4. The van der Waals surface area contributed by atoms with Crippen molar-refractivity contribution in [1.29, 1.82) is 0 Å². The molecule has 11 heteroatoms. The van der Waals surface area contributed by atoms with Crippen molar-refractivity contribution in [1.82, 2.24) is 20.1 Å². The fraction of sp³-hybridized carbons (Fsp3) is 0.621. The van der Waals surface area contributed by atoms with Crippen LogP contribution in [-0.4, -0.2) is 109 Å². The molecule has 220 valence electrons. The van der Waals surface area contributed by atoms with E-state index < -0.39 is 30.5 Å². The molecule has 0 aliphatic carbocycles. The van der Waals surface area contributed by atoms with Crippen LogP contribution in [0.15, 0.2) is 29.6 Å². The third-order valence-corrected chi connectivity index (χ3v) is 8.48. The van der Waals surface area contributed by atoms with Gasteiger partial charge >= 0.3 is 0 Å². The van der Waals surface area contributed by atoms with E-state index in [1.165, 1.54) is 4.90 Å². The van der Waals surface area contributed by atoms with E-state index in [1.807, 2.05) is 45.2 Å². The number of aromatic nitrogens is 1. The number of hydrogen-bond acceptors (Lipinski definition) is 8. The number of nitrogens with one attached hydrogen (secondary N) is 1. The molecule has 2 aromatic rings. The number of aliphatic hydroxyl groups excluding tert-OH is 1. The van der Waals surface area contributed by atoms with Crippen LogP contribution in [0.1, 0.15) is 44.5 Å². The second-order valence-corrected chi connectivity index (χ2v) is 11.7. The Morgan fingerprint density at radius 3 is 2.50 bits per heavy atom. The Morgan fingerprint density at radius 1 is 1.18 bits per heavy atom. The Labute approximate surface area is 240 Å². The zero-order chi connectivity index (χ0) is 29.0. The number of ether oxygens (including phenoxy) is 1. The average Bonchev–Trinajstić information content (AvgIpc) is 3.67. The number of aliphatic hydroxyl groups is 1. The van der Waals surface area contributed by atoms with Gasteiger partial charge in [-0.25, -0.2) is 9.37 Å². The Kier molecular flexibility index (Phi) is 10.2. The molecule has 1 aromatic heterocycles. The first-order chi connectivity index (χ1) is 19.2. The summed E-state index contributed by atoms with van der Waals surface area (Å²) in [6.07, 6.45) is -2.71. The largest absolute Gasteiger partial charge is 0.388 e. The summed E-state index contributed by atoms with van der Waals surface area (Å²) >= 11 is 1.62. The number of hydrogen-bond donors (Lipinski definition) is 2. The molecular formula is C29H42FN5O4S. The molecule has 2 N–H and O–H groups in total. The number of thiazole rings is 1. The van der Waals surface area contributed by atoms with Gasteiger partial charge < -0.3 is 29.9 Å². The minimum absolute atomic E-state index is 0.00292. The van der Waals surface area contributed by atoms with Gasteiger partial charge in [-0.3, -0.25) is 9.59 Å². The van der Waals surface area contributed by atoms with Crippen molar-refractivity contribution in [2.45, 2.75) is 64.6 Å². The number of likely N-dealkylation sites (tertiary alicyclic amines) is 1. The lowest BCUT2D eigenvalue weighted by Gasteiger charge is -2.32. The van der Waals surface area contributed by atoms with Gasteiger partial charge in [0, 0.05) is 42.7 Å². The third-order valence-electron chi connectivity index (χ3n) is 7.58. The second-order valence-electron chi connectivity index (χ2n) is 10.9. The quantitative estimate of drug-likeness (QED) is 0.524. The Bertz CT molecular complexity index is 1140. The van der Waals surface area contributed by atoms with Gasteiger partial charge in [-0.15, -0.1) is 11.3 Å². The van der Waals surface area contributed by atoms with E-state index >= 15 is 0 Å². The number of piperazine rings is 1. The Morgan fingerprint density at radius 2 is 1.85 bits per heavy atom. The molecule has 3 fully saturated rings. The van der Waals surface area contributed by atoms with Crippen molar-refractivity contribution in [2.75, 3.05) is 51.3 Å². The Balaban J connectivity index is 0.00000181. The first-order valence-electron chi connectivity index (χ1n) is 14.3. The van der Waals surface area contributed by atoms with Crippen molar-refractivity contribution >= 4 is 28.3 Å². The van der Waals surface area contributed by atoms with Crippen molar-refractivity contribution in [2.24, 2.45) is 5.92 Å². The maximum Gasteiger partial charge on any atom is 0.251 e. The molecule has 2 amide bonds. The van der Waals surface area contributed by atoms with Crippen molar-refractivity contribution < 1.29 is 23.8 Å². The highest BCUT2D eigenvalue weighted by atomic mass is 32.1. The van der Waals surface area contributed by atoms with E-state index in [1.54, 1.807) is 23.5 Å². The standard InChI is InChI=1S/C27H36FN5O4S.C2H6/c1-16(2)12-20(26(36)33-13-19(28)24-23(33)22(34)14-37-24)29-25(35)18-6-4-17(5-7-18)21-15-38-27(30-21)32-10-8-31(3)9-11-32;1-2/h4-7,15-16,19-20,22-24,34H,8-14H2,1-3H3,(H,29,35);1-2H3/t19-,20-,22?,23+,24+;/m0./s1. The summed E-state index contributed by atoms with van der Waals surface area (Å²) in [4.78, 5) is 37.3. The number of benzene rings is 1. The molecule has 0 radical (unpaired) electrons. The van der Waals surface area contributed by atoms with Gasteiger partial charge in [0.2, 0.25) is 5.91 Å². The molecule has 9 nitrogen and oxygen atoms in total. The molecule has 3 aliphatic rings. The molecule has 5 rings (SSSR count). The molecule has 5 atom stereocenters. The topological polar surface area (TPSA) is 98.2 Å². The van der Waals surface area contributed by atoms with E-state index in [9.17, 15) is 19.1 Å². The molecule has 0 spiro atoms. The lowest BCUT2D eigenvalue weighted by molar-refractivity contribution is -0.136. The predicted molar refractivity (Wildman–Crippen MR) is 155 cm³/mol. The van der Waals surface area contributed by atoms with E-state index in [4.69, 9.17) is 9.72 Å². The fourth-order valence-electron chi connectivity index (χ4n) is 5.45. The zero-order valence-corrected chi connectivity index (χ0v) is 24.9. The van der Waals surface area contributed by atoms with Gasteiger partial charge in [0.25, 0.3) is 5.91 Å². The monoisotopic (exact) mass is 575 g/mol. The molecule has 40 heavy (non-hydrogen) atoms. The molecular weight excluding hydrogens is 533 g/mol. The van der Waals surface area contributed by atoms with Gasteiger partial charge in [0.15, 0.2) is 5.13 Å². The minimum Gasteiger partial charge on any atom is -0.388 e. The van der Waals surface area contributed by atoms with Crippen LogP contribution in [0.25, 0.3) is 11.3 Å². The second kappa shape index (κ2) is 13.4. The molecule has 3 saturated heterocycles. The number of halogens is 1. The van der Waals surface area contributed by atoms with Crippen LogP contribution >= 0.6 is 11.3 Å². The van der Waals surface area contributed by atoms with E-state index in [-0.39, 0.29) is 30.9 Å². The molecule has 1 unspecified atom stereocenters. The highest BCUT2D eigenvalue weighted by Crippen LogP contribution is 2.33. The molecule has 1 aromatic carbocycles. The maximum atomic E-state index is 14.5. The van der Waals surface area contributed by atoms with Crippen LogP contribution in [0.4, 0.5) is 9.52 Å². The summed E-state index contributed by atoms with van der Waals surface area (Å²) in [5.74, 6) is -0.639. The fourth-order valence-corrected chi connectivity index (χ4v) is 6.34. The number of carbonyl (C=O) groups is 2. The summed E-state index contributed by atoms with van der Waals surface area (Å²) in [7, 11) is 2.12. The smallest absolute Gasteiger partial charge is 0.251 e. The van der Waals surface area contributed by atoms with Crippen LogP contribution in [0, 0.1) is 5.92 Å². The SMILES string of the molecule is CC.CC(C)C[C@H](NC(=O)c1ccc(-c2csc(N3CCN(C)CC3)n2)cc1)C(=O)N1C[C@H](F)[C@H]2OCC(O)[C@H]21. The molecule has 0 bridgehead atoms. The van der Waals surface area contributed by atoms with Gasteiger partial charge in [-0.2, -0.15) is 0 Å². The van der Waals surface area contributed by atoms with Gasteiger partial charge in [0.1, 0.15) is 24.4 Å². The number of amides is 2. The third kappa shape index (κ3) is 6.64. The number of nitrogens with zero attached hydrogens (tertiary/aromatic N) is 4. The summed E-state index contributed by atoms with van der Waals surface area (Å²) in [5, 5.41) is 16.2. The minimum atomic E-state index is -1.36. The molecule has 4 heterocycles. The molecule has 3 aliphatic heterocycles. The number of anilines is 1. The highest BCUT2D eigenvalue weighted by molar-refractivity contribution is 7.14. The number of rotatable bonds is 7. The maximum absolute atomic E-state index is 14.5. The highest BCUT2D eigenvalue weighted by Gasteiger charge is 2.53. The van der Waals surface area contributed by atoms with E-state index in [0.29, 0.717) is 12.0 Å². The summed E-state index contributed by atoms with van der Waals surface area (Å²) in [6, 6.07) is 5.63. The summed E-state index contributed by atoms with van der Waals surface area (Å²) in [6.45, 7) is 11.7. The van der Waals surface area contributed by atoms with Crippen LogP contribution in [-0.2, 0) is 9.53 Å². The summed E-state index contributed by atoms with van der Waals surface area (Å²) in [5.41, 5.74) is 2.21. The average molecular weight is 576 g/mol. The first-order valence-corrected chi connectivity index (χ1v) is 15.1. The van der Waals surface area contributed by atoms with Crippen molar-refractivity contribution in [3.05, 3.63) is 35.2 Å². The van der Waals surface area contributed by atoms with Gasteiger partial charge in [0.05, 0.1) is 24.9 Å². The number of fused-ring (bicyclic) bond motifs is 1. The van der Waals surface area contributed by atoms with Gasteiger partial charge in [-0.1, -0.05) is 39.8 Å².